The van der Waals surface area contributed by atoms with Gasteiger partial charge in [0, 0.05) is 6.42 Å². The fourth-order valence-electron chi connectivity index (χ4n) is 0.580. The van der Waals surface area contributed by atoms with E-state index < -0.39 is 0 Å². The Bertz CT molecular complexity index is 168. The minimum absolute atomic E-state index is 0.924. The summed E-state index contributed by atoms with van der Waals surface area (Å²) >= 11 is 0. The summed E-state index contributed by atoms with van der Waals surface area (Å²) < 4.78 is 1.79. The molecule has 0 bridgehead atoms. The number of H-pyrrole nitrogens is 1. The highest BCUT2D eigenvalue weighted by Gasteiger charge is 2.04. The van der Waals surface area contributed by atoms with Crippen molar-refractivity contribution in [3.8, 4) is 0 Å². The fraction of sp³-hybridized carbons (Fsp3) is 0.750. The summed E-state index contributed by atoms with van der Waals surface area (Å²) in [5, 5.41) is 10.0. The van der Waals surface area contributed by atoms with Crippen molar-refractivity contribution in [2.45, 2.75) is 13.3 Å². The van der Waals surface area contributed by atoms with Crippen LogP contribution in [-0.2, 0) is 13.5 Å². The number of aryl methyl sites for hydroxylation is 2. The van der Waals surface area contributed by atoms with Gasteiger partial charge in [-0.05, 0) is 0 Å². The van der Waals surface area contributed by atoms with Gasteiger partial charge in [0.25, 0.3) is 5.82 Å². The lowest BCUT2D eigenvalue weighted by atomic mass is 10.5. The summed E-state index contributed by atoms with van der Waals surface area (Å²) in [6.45, 7) is 2.04. The molecule has 1 aromatic rings. The van der Waals surface area contributed by atoms with Crippen LogP contribution < -0.4 is 4.68 Å². The van der Waals surface area contributed by atoms with Gasteiger partial charge in [-0.3, -0.25) is 0 Å². The molecular formula is C4H9N4+. The van der Waals surface area contributed by atoms with E-state index >= 15 is 0 Å². The molecular weight excluding hydrogens is 104 g/mol. The van der Waals surface area contributed by atoms with Gasteiger partial charge in [-0.15, -0.1) is 0 Å². The zero-order chi connectivity index (χ0) is 5.98. The molecule has 8 heavy (non-hydrogen) atoms. The molecule has 0 fully saturated rings. The standard InChI is InChI=1S/C4H8N4/c1-3-4-5-6-7-8(4)2/h3H2,1-2H3/p+1. The Hall–Kier alpha value is -0.930. The zero-order valence-electron chi connectivity index (χ0n) is 5.05. The number of tetrazole rings is 1. The smallest absolute Gasteiger partial charge is 0.166 e. The molecule has 0 radical (unpaired) electrons. The molecule has 0 aliphatic heterocycles. The van der Waals surface area contributed by atoms with Gasteiger partial charge in [-0.2, -0.15) is 4.68 Å². The van der Waals surface area contributed by atoms with Crippen LogP contribution in [0.25, 0.3) is 0 Å². The zero-order valence-corrected chi connectivity index (χ0v) is 5.05. The second-order valence-electron chi connectivity index (χ2n) is 1.63. The van der Waals surface area contributed by atoms with Gasteiger partial charge in [0.05, 0.1) is 7.05 Å². The number of hydrogen-bond acceptors (Lipinski definition) is 2. The van der Waals surface area contributed by atoms with E-state index in [0.717, 1.165) is 12.2 Å². The Morgan fingerprint density at radius 1 is 1.75 bits per heavy atom. The molecule has 1 N–H and O–H groups in total. The Morgan fingerprint density at radius 3 is 2.75 bits per heavy atom. The van der Waals surface area contributed by atoms with Crippen molar-refractivity contribution in [2.24, 2.45) is 7.05 Å². The van der Waals surface area contributed by atoms with Gasteiger partial charge < -0.3 is 0 Å². The van der Waals surface area contributed by atoms with Gasteiger partial charge in [0.1, 0.15) is 5.10 Å². The van der Waals surface area contributed by atoms with Crippen molar-refractivity contribution >= 4 is 0 Å². The van der Waals surface area contributed by atoms with Crippen molar-refractivity contribution in [1.82, 2.24) is 15.5 Å². The van der Waals surface area contributed by atoms with E-state index in [1.165, 1.54) is 0 Å². The average molecular weight is 113 g/mol. The van der Waals surface area contributed by atoms with E-state index in [9.17, 15) is 0 Å². The van der Waals surface area contributed by atoms with Gasteiger partial charge in [-0.1, -0.05) is 12.1 Å². The monoisotopic (exact) mass is 113 g/mol. The summed E-state index contributed by atoms with van der Waals surface area (Å²) in [7, 11) is 1.89. The van der Waals surface area contributed by atoms with Crippen LogP contribution in [0.15, 0.2) is 0 Å². The first-order valence-electron chi connectivity index (χ1n) is 2.60. The van der Waals surface area contributed by atoms with E-state index in [1.54, 1.807) is 4.68 Å². The highest BCUT2D eigenvalue weighted by Crippen LogP contribution is 1.77. The largest absolute Gasteiger partial charge is 0.300 e. The molecule has 0 atom stereocenters. The number of hydrogen-bond donors (Lipinski definition) is 1. The van der Waals surface area contributed by atoms with Crippen LogP contribution in [0, 0.1) is 0 Å². The molecule has 0 amide bonds. The predicted molar refractivity (Wildman–Crippen MR) is 26.9 cm³/mol. The molecule has 4 nitrogen and oxygen atoms in total. The molecule has 0 spiro atoms. The van der Waals surface area contributed by atoms with Crippen LogP contribution in [-0.4, -0.2) is 15.5 Å². The summed E-state index contributed by atoms with van der Waals surface area (Å²) in [5.41, 5.74) is 0. The maximum atomic E-state index is 3.79. The molecule has 1 heterocycles. The van der Waals surface area contributed by atoms with Crippen molar-refractivity contribution in [2.75, 3.05) is 0 Å². The number of rotatable bonds is 1. The van der Waals surface area contributed by atoms with Gasteiger partial charge in [-0.25, -0.2) is 0 Å². The molecule has 1 rings (SSSR count). The molecule has 4 heteroatoms. The first kappa shape index (κ1) is 5.21. The van der Waals surface area contributed by atoms with Crippen LogP contribution in [0.5, 0.6) is 0 Å². The van der Waals surface area contributed by atoms with E-state index in [0.29, 0.717) is 0 Å². The van der Waals surface area contributed by atoms with Gasteiger partial charge in [0.15, 0.2) is 5.21 Å². The Labute approximate surface area is 47.5 Å². The van der Waals surface area contributed by atoms with E-state index in [4.69, 9.17) is 0 Å². The Kier molecular flexibility index (Phi) is 1.24. The highest BCUT2D eigenvalue weighted by atomic mass is 15.5. The lowest BCUT2D eigenvalue weighted by Gasteiger charge is -1.79. The lowest BCUT2D eigenvalue weighted by Crippen LogP contribution is -2.34. The minimum atomic E-state index is 0.924. The number of aromatic amines is 1. The maximum Gasteiger partial charge on any atom is 0.300 e. The van der Waals surface area contributed by atoms with Crippen molar-refractivity contribution in [3.05, 3.63) is 5.82 Å². The normalized spacial score (nSPS) is 9.75. The quantitative estimate of drug-likeness (QED) is 0.484. The first-order valence-corrected chi connectivity index (χ1v) is 2.60. The fourth-order valence-corrected chi connectivity index (χ4v) is 0.580. The molecule has 0 unspecified atom stereocenters. The summed E-state index contributed by atoms with van der Waals surface area (Å²) in [6, 6.07) is 0. The van der Waals surface area contributed by atoms with Crippen molar-refractivity contribution in [3.63, 3.8) is 0 Å². The van der Waals surface area contributed by atoms with Crippen LogP contribution in [0.1, 0.15) is 12.7 Å². The molecule has 0 aromatic carbocycles. The third-order valence-corrected chi connectivity index (χ3v) is 1.06. The molecule has 44 valence electrons. The topological polar surface area (TPSA) is 45.5 Å². The van der Waals surface area contributed by atoms with Crippen LogP contribution in [0.4, 0.5) is 0 Å². The Balaban J connectivity index is 2.92. The molecule has 0 aliphatic rings. The third kappa shape index (κ3) is 0.685. The van der Waals surface area contributed by atoms with E-state index in [2.05, 4.69) is 15.5 Å². The van der Waals surface area contributed by atoms with Crippen LogP contribution >= 0.6 is 0 Å². The van der Waals surface area contributed by atoms with Crippen molar-refractivity contribution in [1.29, 1.82) is 0 Å². The second-order valence-corrected chi connectivity index (χ2v) is 1.63. The third-order valence-electron chi connectivity index (χ3n) is 1.06. The van der Waals surface area contributed by atoms with E-state index in [-0.39, 0.29) is 0 Å². The number of nitrogens with one attached hydrogen (secondary N) is 1. The molecule has 1 aromatic heterocycles. The van der Waals surface area contributed by atoms with Gasteiger partial charge in [0.2, 0.25) is 0 Å². The first-order chi connectivity index (χ1) is 3.84. The molecule has 0 aliphatic carbocycles. The van der Waals surface area contributed by atoms with Crippen molar-refractivity contribution < 1.29 is 4.68 Å². The number of aromatic nitrogens is 4. The second kappa shape index (κ2) is 1.90. The van der Waals surface area contributed by atoms with Gasteiger partial charge >= 0.3 is 0 Å². The molecule has 0 saturated heterocycles. The maximum absolute atomic E-state index is 3.79. The average Bonchev–Trinajstić information content (AvgIpc) is 2.14. The SMILES string of the molecule is CCc1nn[nH][n+]1C. The Morgan fingerprint density at radius 2 is 2.50 bits per heavy atom. The summed E-state index contributed by atoms with van der Waals surface area (Å²) in [5.74, 6) is 0.977. The predicted octanol–water partition coefficient (Wildman–Crippen LogP) is -0.808. The summed E-state index contributed by atoms with van der Waals surface area (Å²) in [4.78, 5) is 0. The molecule has 0 saturated carbocycles. The minimum Gasteiger partial charge on any atom is -0.166 e. The summed E-state index contributed by atoms with van der Waals surface area (Å²) in [6.07, 6.45) is 0.924. The number of nitrogens with zero attached hydrogens (tertiary/aromatic N) is 3. The lowest BCUT2D eigenvalue weighted by molar-refractivity contribution is -0.738. The van der Waals surface area contributed by atoms with Crippen LogP contribution in [0.3, 0.4) is 0 Å². The van der Waals surface area contributed by atoms with Crippen LogP contribution in [0.2, 0.25) is 0 Å². The van der Waals surface area contributed by atoms with E-state index in [1.807, 2.05) is 14.0 Å². The highest BCUT2D eigenvalue weighted by molar-refractivity contribution is 4.62.